The molecule has 0 fully saturated rings. The van der Waals surface area contributed by atoms with E-state index < -0.39 is 15.9 Å². The number of carbonyl (C=O) groups excluding carboxylic acids is 1. The Labute approximate surface area is 89.9 Å². The first kappa shape index (κ1) is 9.76. The minimum Gasteiger partial charge on any atom is -0.268 e. The molecule has 74 valence electrons. The molecule has 0 aromatic heterocycles. The molecule has 4 nitrogen and oxygen atoms in total. The second-order valence-corrected chi connectivity index (χ2v) is 5.08. The van der Waals surface area contributed by atoms with Crippen molar-refractivity contribution in [2.75, 3.05) is 0 Å². The van der Waals surface area contributed by atoms with Gasteiger partial charge in [0.25, 0.3) is 15.9 Å². The highest BCUT2D eigenvalue weighted by atomic mass is 35.5. The summed E-state index contributed by atoms with van der Waals surface area (Å²) in [6.07, 6.45) is 0. The summed E-state index contributed by atoms with van der Waals surface area (Å²) >= 11 is 11.3. The number of carbonyl (C=O) groups is 1. The molecule has 0 spiro atoms. The van der Waals surface area contributed by atoms with Gasteiger partial charge in [-0.05, 0) is 12.1 Å². The Morgan fingerprint density at radius 2 is 1.86 bits per heavy atom. The fraction of sp³-hybridized carbons (Fsp3) is 0. The zero-order valence-corrected chi connectivity index (χ0v) is 8.87. The van der Waals surface area contributed by atoms with Gasteiger partial charge in [-0.25, -0.2) is 13.1 Å². The first-order valence-electron chi connectivity index (χ1n) is 3.48. The lowest BCUT2D eigenvalue weighted by Gasteiger charge is -2.00. The molecule has 0 aliphatic carbocycles. The number of sulfonamides is 1. The topological polar surface area (TPSA) is 63.2 Å². The maximum atomic E-state index is 11.4. The van der Waals surface area contributed by atoms with Crippen molar-refractivity contribution < 1.29 is 13.2 Å². The van der Waals surface area contributed by atoms with E-state index in [2.05, 4.69) is 0 Å². The molecule has 0 bridgehead atoms. The van der Waals surface area contributed by atoms with Crippen molar-refractivity contribution in [3.05, 3.63) is 27.7 Å². The number of hydrogen-bond donors (Lipinski definition) is 1. The Morgan fingerprint density at radius 1 is 1.21 bits per heavy atom. The van der Waals surface area contributed by atoms with Crippen LogP contribution < -0.4 is 4.72 Å². The van der Waals surface area contributed by atoms with Crippen molar-refractivity contribution in [1.29, 1.82) is 0 Å². The molecule has 0 saturated carbocycles. The van der Waals surface area contributed by atoms with Gasteiger partial charge in [0.05, 0.1) is 15.6 Å². The molecule has 0 saturated heterocycles. The van der Waals surface area contributed by atoms with Crippen LogP contribution in [0.1, 0.15) is 10.4 Å². The van der Waals surface area contributed by atoms with Crippen LogP contribution in [0.15, 0.2) is 17.0 Å². The van der Waals surface area contributed by atoms with Gasteiger partial charge in [-0.1, -0.05) is 23.2 Å². The third-order valence-corrected chi connectivity index (χ3v) is 4.12. The van der Waals surface area contributed by atoms with Crippen LogP contribution in [0.25, 0.3) is 0 Å². The molecule has 1 aromatic carbocycles. The summed E-state index contributed by atoms with van der Waals surface area (Å²) in [7, 11) is -3.82. The standard InChI is InChI=1S/C7H3Cl2NO3S/c8-4-2-1-3-6(5(4)9)14(12,13)10-7(3)11/h1-2H,(H,10,11). The predicted octanol–water partition coefficient (Wildman–Crippen LogP) is 1.43. The molecular formula is C7H3Cl2NO3S. The Kier molecular flexibility index (Phi) is 1.99. The third kappa shape index (κ3) is 1.20. The van der Waals surface area contributed by atoms with Gasteiger partial charge in [-0.3, -0.25) is 4.79 Å². The summed E-state index contributed by atoms with van der Waals surface area (Å²) in [6.45, 7) is 0. The maximum absolute atomic E-state index is 11.4. The van der Waals surface area contributed by atoms with E-state index in [0.717, 1.165) is 0 Å². The lowest BCUT2D eigenvalue weighted by Crippen LogP contribution is -2.20. The quantitative estimate of drug-likeness (QED) is 0.759. The zero-order chi connectivity index (χ0) is 10.5. The summed E-state index contributed by atoms with van der Waals surface area (Å²) in [5, 5.41) is -0.0204. The summed E-state index contributed by atoms with van der Waals surface area (Å²) in [5.41, 5.74) is 0.0272. The molecular weight excluding hydrogens is 249 g/mol. The van der Waals surface area contributed by atoms with E-state index in [0.29, 0.717) is 0 Å². The van der Waals surface area contributed by atoms with Crippen molar-refractivity contribution >= 4 is 39.1 Å². The number of halogens is 2. The minimum absolute atomic E-state index is 0.0272. The molecule has 1 amide bonds. The van der Waals surface area contributed by atoms with Crippen LogP contribution in [0.4, 0.5) is 0 Å². The molecule has 1 heterocycles. The highest BCUT2D eigenvalue weighted by Gasteiger charge is 2.35. The Balaban J connectivity index is 2.91. The monoisotopic (exact) mass is 251 g/mol. The molecule has 0 atom stereocenters. The summed E-state index contributed by atoms with van der Waals surface area (Å²) in [6, 6.07) is 2.70. The number of nitrogens with one attached hydrogen (secondary N) is 1. The SMILES string of the molecule is O=C1NS(=O)(=O)c2c1ccc(Cl)c2Cl. The van der Waals surface area contributed by atoms with Crippen molar-refractivity contribution in [3.63, 3.8) is 0 Å². The van der Waals surface area contributed by atoms with Gasteiger partial charge in [-0.15, -0.1) is 0 Å². The van der Waals surface area contributed by atoms with Crippen LogP contribution in [0.3, 0.4) is 0 Å². The van der Waals surface area contributed by atoms with Gasteiger partial charge >= 0.3 is 0 Å². The molecule has 7 heteroatoms. The van der Waals surface area contributed by atoms with Crippen LogP contribution in [-0.4, -0.2) is 14.3 Å². The van der Waals surface area contributed by atoms with Crippen molar-refractivity contribution in [1.82, 2.24) is 4.72 Å². The minimum atomic E-state index is -3.82. The molecule has 14 heavy (non-hydrogen) atoms. The van der Waals surface area contributed by atoms with Crippen LogP contribution in [-0.2, 0) is 10.0 Å². The van der Waals surface area contributed by atoms with Crippen LogP contribution in [0.2, 0.25) is 10.0 Å². The molecule has 0 radical (unpaired) electrons. The third-order valence-electron chi connectivity index (χ3n) is 1.79. The Morgan fingerprint density at radius 3 is 2.50 bits per heavy atom. The number of benzene rings is 1. The average molecular weight is 252 g/mol. The smallest absolute Gasteiger partial charge is 0.266 e. The fourth-order valence-electron chi connectivity index (χ4n) is 1.20. The molecule has 2 rings (SSSR count). The van der Waals surface area contributed by atoms with Gasteiger partial charge in [0.2, 0.25) is 0 Å². The van der Waals surface area contributed by atoms with Gasteiger partial charge in [0.1, 0.15) is 4.90 Å². The summed E-state index contributed by atoms with van der Waals surface area (Å²) < 4.78 is 24.5. The van der Waals surface area contributed by atoms with E-state index >= 15 is 0 Å². The number of rotatable bonds is 0. The van der Waals surface area contributed by atoms with E-state index in [9.17, 15) is 13.2 Å². The first-order valence-corrected chi connectivity index (χ1v) is 5.72. The van der Waals surface area contributed by atoms with E-state index in [-0.39, 0.29) is 20.5 Å². The van der Waals surface area contributed by atoms with Gasteiger partial charge < -0.3 is 0 Å². The second kappa shape index (κ2) is 2.85. The molecule has 0 unspecified atom stereocenters. The van der Waals surface area contributed by atoms with Crippen LogP contribution in [0.5, 0.6) is 0 Å². The number of fused-ring (bicyclic) bond motifs is 1. The lowest BCUT2D eigenvalue weighted by atomic mass is 10.2. The maximum Gasteiger partial charge on any atom is 0.266 e. The summed E-state index contributed by atoms with van der Waals surface area (Å²) in [4.78, 5) is 10.9. The highest BCUT2D eigenvalue weighted by molar-refractivity contribution is 7.90. The second-order valence-electron chi connectivity index (χ2n) is 2.67. The van der Waals surface area contributed by atoms with Gasteiger partial charge in [0, 0.05) is 0 Å². The van der Waals surface area contributed by atoms with Crippen molar-refractivity contribution in [2.45, 2.75) is 4.90 Å². The predicted molar refractivity (Wildman–Crippen MR) is 51.1 cm³/mol. The van der Waals surface area contributed by atoms with Crippen LogP contribution in [0, 0.1) is 0 Å². The lowest BCUT2D eigenvalue weighted by molar-refractivity contribution is 0.0985. The Bertz CT molecular complexity index is 538. The highest BCUT2D eigenvalue weighted by Crippen LogP contribution is 2.34. The normalized spacial score (nSPS) is 17.7. The summed E-state index contributed by atoms with van der Waals surface area (Å²) in [5.74, 6) is -0.682. The molecule has 1 N–H and O–H groups in total. The van der Waals surface area contributed by atoms with Crippen molar-refractivity contribution in [3.8, 4) is 0 Å². The van der Waals surface area contributed by atoms with Gasteiger partial charge in [0.15, 0.2) is 0 Å². The van der Waals surface area contributed by atoms with E-state index in [1.807, 2.05) is 4.72 Å². The zero-order valence-electron chi connectivity index (χ0n) is 6.54. The van der Waals surface area contributed by atoms with Crippen molar-refractivity contribution in [2.24, 2.45) is 0 Å². The average Bonchev–Trinajstić information content (AvgIpc) is 2.29. The fourth-order valence-corrected chi connectivity index (χ4v) is 3.14. The van der Waals surface area contributed by atoms with E-state index in [4.69, 9.17) is 23.2 Å². The largest absolute Gasteiger partial charge is 0.268 e. The van der Waals surface area contributed by atoms with Crippen LogP contribution >= 0.6 is 23.2 Å². The number of hydrogen-bond acceptors (Lipinski definition) is 3. The molecule has 1 aliphatic heterocycles. The van der Waals surface area contributed by atoms with Gasteiger partial charge in [-0.2, -0.15) is 0 Å². The Hall–Kier alpha value is -0.780. The molecule has 1 aliphatic rings. The first-order chi connectivity index (χ1) is 6.43. The van der Waals surface area contributed by atoms with E-state index in [1.54, 1.807) is 0 Å². The number of amides is 1. The molecule has 1 aromatic rings. The van der Waals surface area contributed by atoms with E-state index in [1.165, 1.54) is 12.1 Å².